The molecule has 0 fully saturated rings. The number of aliphatic hydroxyl groups excluding tert-OH is 1. The Balaban J connectivity index is 2.42. The Kier molecular flexibility index (Phi) is 4.91. The summed E-state index contributed by atoms with van der Waals surface area (Å²) in [7, 11) is 0. The second kappa shape index (κ2) is 6.48. The van der Waals surface area contributed by atoms with E-state index >= 15 is 0 Å². The molecule has 0 aromatic heterocycles. The molecule has 2 aromatic rings. The molecule has 0 aliphatic rings. The van der Waals surface area contributed by atoms with Crippen molar-refractivity contribution in [2.45, 2.75) is 11.8 Å². The third-order valence-electron chi connectivity index (χ3n) is 3.62. The molecular formula is C16H17BrFNO. The zero-order chi connectivity index (χ0) is 14.6. The second-order valence-electron chi connectivity index (χ2n) is 4.92. The normalized spacial score (nSPS) is 14.0. The predicted molar refractivity (Wildman–Crippen MR) is 82.1 cm³/mol. The van der Waals surface area contributed by atoms with Gasteiger partial charge in [-0.1, -0.05) is 46.3 Å². The summed E-state index contributed by atoms with van der Waals surface area (Å²) in [4.78, 5) is 0. The van der Waals surface area contributed by atoms with Gasteiger partial charge >= 0.3 is 0 Å². The Morgan fingerprint density at radius 2 is 1.85 bits per heavy atom. The number of aliphatic hydroxyl groups is 1. The highest BCUT2D eigenvalue weighted by Crippen LogP contribution is 2.29. The molecule has 3 N–H and O–H groups in total. The van der Waals surface area contributed by atoms with Crippen molar-refractivity contribution in [3.05, 3.63) is 69.9 Å². The van der Waals surface area contributed by atoms with E-state index in [9.17, 15) is 9.50 Å². The first-order valence-electron chi connectivity index (χ1n) is 6.42. The third kappa shape index (κ3) is 3.08. The Morgan fingerprint density at radius 1 is 1.15 bits per heavy atom. The first-order valence-corrected chi connectivity index (χ1v) is 7.21. The second-order valence-corrected chi connectivity index (χ2v) is 5.84. The lowest BCUT2D eigenvalue weighted by Crippen LogP contribution is -2.41. The molecule has 0 radical (unpaired) electrons. The molecule has 2 aromatic carbocycles. The van der Waals surface area contributed by atoms with Crippen LogP contribution in [0, 0.1) is 5.82 Å². The van der Waals surface area contributed by atoms with E-state index in [1.54, 1.807) is 12.1 Å². The van der Waals surface area contributed by atoms with Gasteiger partial charge in [0.05, 0.1) is 6.61 Å². The maximum absolute atomic E-state index is 13.9. The van der Waals surface area contributed by atoms with Crippen LogP contribution in [0.15, 0.2) is 53.0 Å². The number of hydrogen-bond acceptors (Lipinski definition) is 2. The molecule has 0 aliphatic carbocycles. The van der Waals surface area contributed by atoms with Gasteiger partial charge in [-0.05, 0) is 35.7 Å². The summed E-state index contributed by atoms with van der Waals surface area (Å²) in [6.45, 7) is 0.124. The standard InChI is InChI=1S/C16H17BrFNO/c17-14-6-7-15(18)12(8-14)9-16(10-19,11-20)13-4-2-1-3-5-13/h1-8,20H,9-11,19H2. The molecule has 2 nitrogen and oxygen atoms in total. The van der Waals surface area contributed by atoms with Gasteiger partial charge in [0, 0.05) is 16.4 Å². The number of rotatable bonds is 5. The van der Waals surface area contributed by atoms with E-state index in [0.717, 1.165) is 10.0 Å². The molecular weight excluding hydrogens is 321 g/mol. The van der Waals surface area contributed by atoms with Crippen LogP contribution in [-0.4, -0.2) is 18.3 Å². The van der Waals surface area contributed by atoms with Crippen LogP contribution in [0.3, 0.4) is 0 Å². The summed E-state index contributed by atoms with van der Waals surface area (Å²) in [5.41, 5.74) is 6.69. The van der Waals surface area contributed by atoms with Crippen LogP contribution in [0.25, 0.3) is 0 Å². The van der Waals surface area contributed by atoms with E-state index in [1.807, 2.05) is 30.3 Å². The topological polar surface area (TPSA) is 46.2 Å². The van der Waals surface area contributed by atoms with Gasteiger partial charge in [0.1, 0.15) is 5.82 Å². The summed E-state index contributed by atoms with van der Waals surface area (Å²) in [6, 6.07) is 14.3. The molecule has 106 valence electrons. The van der Waals surface area contributed by atoms with Crippen LogP contribution in [0.4, 0.5) is 4.39 Å². The molecule has 0 aliphatic heterocycles. The molecule has 4 heteroatoms. The van der Waals surface area contributed by atoms with E-state index in [1.165, 1.54) is 6.07 Å². The SMILES string of the molecule is NCC(CO)(Cc1cc(Br)ccc1F)c1ccccc1. The van der Waals surface area contributed by atoms with Crippen molar-refractivity contribution in [2.75, 3.05) is 13.2 Å². The highest BCUT2D eigenvalue weighted by molar-refractivity contribution is 9.10. The van der Waals surface area contributed by atoms with Crippen molar-refractivity contribution >= 4 is 15.9 Å². The van der Waals surface area contributed by atoms with Gasteiger partial charge in [-0.3, -0.25) is 0 Å². The Morgan fingerprint density at radius 3 is 2.45 bits per heavy atom. The van der Waals surface area contributed by atoms with Crippen LogP contribution >= 0.6 is 15.9 Å². The number of hydrogen-bond donors (Lipinski definition) is 2. The lowest BCUT2D eigenvalue weighted by Gasteiger charge is -2.31. The highest BCUT2D eigenvalue weighted by atomic mass is 79.9. The van der Waals surface area contributed by atoms with Gasteiger partial charge in [-0.2, -0.15) is 0 Å². The highest BCUT2D eigenvalue weighted by Gasteiger charge is 2.31. The summed E-state index contributed by atoms with van der Waals surface area (Å²) >= 11 is 3.34. The van der Waals surface area contributed by atoms with Crippen LogP contribution in [0.5, 0.6) is 0 Å². The van der Waals surface area contributed by atoms with E-state index in [-0.39, 0.29) is 19.0 Å². The van der Waals surface area contributed by atoms with E-state index in [2.05, 4.69) is 15.9 Å². The zero-order valence-electron chi connectivity index (χ0n) is 11.0. The fourth-order valence-corrected chi connectivity index (χ4v) is 2.75. The molecule has 2 rings (SSSR count). The van der Waals surface area contributed by atoms with Crippen molar-refractivity contribution in [3.63, 3.8) is 0 Å². The summed E-state index contributed by atoms with van der Waals surface area (Å²) < 4.78 is 14.8. The summed E-state index contributed by atoms with van der Waals surface area (Å²) in [5, 5.41) is 9.84. The lowest BCUT2D eigenvalue weighted by atomic mass is 9.76. The van der Waals surface area contributed by atoms with Crippen LogP contribution in [0.2, 0.25) is 0 Å². The van der Waals surface area contributed by atoms with Gasteiger partial charge < -0.3 is 10.8 Å². The first-order chi connectivity index (χ1) is 9.61. The van der Waals surface area contributed by atoms with Crippen LogP contribution in [0.1, 0.15) is 11.1 Å². The van der Waals surface area contributed by atoms with Crippen molar-refractivity contribution in [3.8, 4) is 0 Å². The maximum atomic E-state index is 13.9. The number of nitrogens with two attached hydrogens (primary N) is 1. The summed E-state index contributed by atoms with van der Waals surface area (Å²) in [5.74, 6) is -0.282. The average Bonchev–Trinajstić information content (AvgIpc) is 2.49. The zero-order valence-corrected chi connectivity index (χ0v) is 12.6. The molecule has 1 atom stereocenters. The average molecular weight is 338 g/mol. The van der Waals surface area contributed by atoms with Gasteiger partial charge in [0.15, 0.2) is 0 Å². The van der Waals surface area contributed by atoms with Crippen LogP contribution in [-0.2, 0) is 11.8 Å². The smallest absolute Gasteiger partial charge is 0.126 e. The molecule has 1 unspecified atom stereocenters. The van der Waals surface area contributed by atoms with Crippen molar-refractivity contribution in [2.24, 2.45) is 5.73 Å². The van der Waals surface area contributed by atoms with Crippen molar-refractivity contribution in [1.82, 2.24) is 0 Å². The Labute approximate surface area is 126 Å². The summed E-state index contributed by atoms with van der Waals surface area (Å²) in [6.07, 6.45) is 0.356. The molecule has 0 amide bonds. The Hall–Kier alpha value is -1.23. The number of benzene rings is 2. The molecule has 0 spiro atoms. The largest absolute Gasteiger partial charge is 0.395 e. The monoisotopic (exact) mass is 337 g/mol. The van der Waals surface area contributed by atoms with E-state index < -0.39 is 5.41 Å². The molecule has 0 saturated heterocycles. The first kappa shape index (κ1) is 15.2. The minimum atomic E-state index is -0.664. The van der Waals surface area contributed by atoms with E-state index in [0.29, 0.717) is 12.0 Å². The van der Waals surface area contributed by atoms with Crippen molar-refractivity contribution < 1.29 is 9.50 Å². The maximum Gasteiger partial charge on any atom is 0.126 e. The van der Waals surface area contributed by atoms with Gasteiger partial charge in [0.2, 0.25) is 0 Å². The van der Waals surface area contributed by atoms with Crippen molar-refractivity contribution in [1.29, 1.82) is 0 Å². The molecule has 0 saturated carbocycles. The molecule has 0 heterocycles. The van der Waals surface area contributed by atoms with Crippen LogP contribution < -0.4 is 5.73 Å². The van der Waals surface area contributed by atoms with Gasteiger partial charge in [-0.15, -0.1) is 0 Å². The fraction of sp³-hybridized carbons (Fsp3) is 0.250. The molecule has 0 bridgehead atoms. The quantitative estimate of drug-likeness (QED) is 0.880. The third-order valence-corrected chi connectivity index (χ3v) is 4.11. The van der Waals surface area contributed by atoms with Gasteiger partial charge in [-0.25, -0.2) is 4.39 Å². The Bertz CT molecular complexity index is 570. The van der Waals surface area contributed by atoms with E-state index in [4.69, 9.17) is 5.73 Å². The minimum Gasteiger partial charge on any atom is -0.395 e. The fourth-order valence-electron chi connectivity index (χ4n) is 2.34. The molecule has 20 heavy (non-hydrogen) atoms. The lowest BCUT2D eigenvalue weighted by molar-refractivity contribution is 0.195. The minimum absolute atomic E-state index is 0.126. The number of halogens is 2. The van der Waals surface area contributed by atoms with Gasteiger partial charge in [0.25, 0.3) is 0 Å². The predicted octanol–water partition coefficient (Wildman–Crippen LogP) is 3.02.